The number of aliphatic hydroxyl groups is 2. The highest BCUT2D eigenvalue weighted by atomic mass is 16.3. The Morgan fingerprint density at radius 2 is 1.65 bits per heavy atom. The van der Waals surface area contributed by atoms with Crippen molar-refractivity contribution in [1.82, 2.24) is 0 Å². The quantitative estimate of drug-likeness (QED) is 0.683. The summed E-state index contributed by atoms with van der Waals surface area (Å²) in [4.78, 5) is 0. The highest BCUT2D eigenvalue weighted by Gasteiger charge is 2.60. The second-order valence-electron chi connectivity index (χ2n) is 7.49. The molecule has 0 radical (unpaired) electrons. The highest BCUT2D eigenvalue weighted by molar-refractivity contribution is 5.09. The largest absolute Gasteiger partial charge is 0.393 e. The summed E-state index contributed by atoms with van der Waals surface area (Å²) in [7, 11) is 0. The van der Waals surface area contributed by atoms with Crippen molar-refractivity contribution in [2.24, 2.45) is 22.7 Å². The van der Waals surface area contributed by atoms with Gasteiger partial charge in [-0.2, -0.15) is 0 Å². The third-order valence-corrected chi connectivity index (χ3v) is 5.50. The first-order chi connectivity index (χ1) is 7.77. The molecule has 2 fully saturated rings. The van der Waals surface area contributed by atoms with Gasteiger partial charge in [-0.1, -0.05) is 34.1 Å². The monoisotopic (exact) mass is 240 g/mol. The van der Waals surface area contributed by atoms with Gasteiger partial charge in [-0.25, -0.2) is 0 Å². The number of hydrogen-bond donors (Lipinski definition) is 2. The van der Waals surface area contributed by atoms with Crippen LogP contribution in [0.15, 0.2) is 0 Å². The molecule has 2 nitrogen and oxygen atoms in total. The van der Waals surface area contributed by atoms with Crippen LogP contribution in [0.5, 0.6) is 0 Å². The van der Waals surface area contributed by atoms with E-state index in [1.54, 1.807) is 0 Å². The molecule has 2 aliphatic carbocycles. The predicted molar refractivity (Wildman–Crippen MR) is 69.6 cm³/mol. The van der Waals surface area contributed by atoms with Crippen LogP contribution >= 0.6 is 0 Å². The van der Waals surface area contributed by atoms with Gasteiger partial charge < -0.3 is 10.2 Å². The van der Waals surface area contributed by atoms with Gasteiger partial charge in [0.25, 0.3) is 0 Å². The van der Waals surface area contributed by atoms with E-state index < -0.39 is 0 Å². The van der Waals surface area contributed by atoms with E-state index >= 15 is 0 Å². The maximum absolute atomic E-state index is 10.5. The maximum Gasteiger partial charge on any atom is 0.0625 e. The lowest BCUT2D eigenvalue weighted by atomic mass is 9.74. The first-order valence-electron chi connectivity index (χ1n) is 7.13. The number of rotatable bonds is 0. The molecule has 2 aliphatic rings. The molecule has 100 valence electrons. The van der Waals surface area contributed by atoms with Crippen LogP contribution in [-0.4, -0.2) is 22.4 Å². The zero-order valence-corrected chi connectivity index (χ0v) is 11.7. The molecule has 0 saturated heterocycles. The Kier molecular flexibility index (Phi) is 3.33. The average Bonchev–Trinajstić information content (AvgIpc) is 2.95. The Balaban J connectivity index is 2.15. The third kappa shape index (κ3) is 2.39. The van der Waals surface area contributed by atoms with Crippen molar-refractivity contribution < 1.29 is 10.2 Å². The lowest BCUT2D eigenvalue weighted by Gasteiger charge is -2.35. The molecule has 0 aromatic carbocycles. The van der Waals surface area contributed by atoms with Crippen LogP contribution in [0, 0.1) is 22.7 Å². The molecule has 17 heavy (non-hydrogen) atoms. The number of fused-ring (bicyclic) bond motifs is 1. The van der Waals surface area contributed by atoms with Crippen molar-refractivity contribution in [3.05, 3.63) is 0 Å². The molecular weight excluding hydrogens is 212 g/mol. The van der Waals surface area contributed by atoms with Crippen molar-refractivity contribution in [3.8, 4) is 0 Å². The Morgan fingerprint density at radius 1 is 1.00 bits per heavy atom. The molecule has 5 atom stereocenters. The molecule has 0 aromatic rings. The van der Waals surface area contributed by atoms with E-state index in [-0.39, 0.29) is 23.0 Å². The van der Waals surface area contributed by atoms with Crippen molar-refractivity contribution >= 4 is 0 Å². The van der Waals surface area contributed by atoms with Crippen LogP contribution in [0.3, 0.4) is 0 Å². The molecular formula is C15H28O2. The molecule has 2 rings (SSSR count). The van der Waals surface area contributed by atoms with Crippen molar-refractivity contribution in [3.63, 3.8) is 0 Å². The van der Waals surface area contributed by atoms with Gasteiger partial charge in [-0.3, -0.25) is 0 Å². The van der Waals surface area contributed by atoms with Gasteiger partial charge in [0.15, 0.2) is 0 Å². The minimum absolute atomic E-state index is 0.00620. The van der Waals surface area contributed by atoms with Gasteiger partial charge in [0.05, 0.1) is 12.2 Å². The van der Waals surface area contributed by atoms with Gasteiger partial charge >= 0.3 is 0 Å². The Hall–Kier alpha value is -0.0800. The summed E-state index contributed by atoms with van der Waals surface area (Å²) in [5.74, 6) is 0.968. The second-order valence-corrected chi connectivity index (χ2v) is 7.49. The van der Waals surface area contributed by atoms with E-state index in [1.807, 2.05) is 0 Å². The van der Waals surface area contributed by atoms with E-state index in [1.165, 1.54) is 6.42 Å². The minimum Gasteiger partial charge on any atom is -0.393 e. The van der Waals surface area contributed by atoms with Crippen LogP contribution in [-0.2, 0) is 0 Å². The molecule has 0 bridgehead atoms. The van der Waals surface area contributed by atoms with Gasteiger partial charge in [-0.15, -0.1) is 0 Å². The molecule has 2 N–H and O–H groups in total. The summed E-state index contributed by atoms with van der Waals surface area (Å²) >= 11 is 0. The summed E-state index contributed by atoms with van der Waals surface area (Å²) in [5.41, 5.74) is -0.0263. The summed E-state index contributed by atoms with van der Waals surface area (Å²) in [5, 5.41) is 20.8. The number of hydrogen-bond acceptors (Lipinski definition) is 2. The Bertz CT molecular complexity index is 287. The van der Waals surface area contributed by atoms with Crippen LogP contribution in [0.1, 0.15) is 59.8 Å². The van der Waals surface area contributed by atoms with E-state index in [9.17, 15) is 10.2 Å². The summed E-state index contributed by atoms with van der Waals surface area (Å²) in [6.07, 6.45) is 4.80. The fourth-order valence-electron chi connectivity index (χ4n) is 3.50. The van der Waals surface area contributed by atoms with E-state index in [4.69, 9.17) is 0 Å². The SMILES string of the molecule is C[C@@H]1CC[C@@H](O)[C@]2(C)C[C@@H]2[C@H](O)C(C)(C)CC1. The average molecular weight is 240 g/mol. The third-order valence-electron chi connectivity index (χ3n) is 5.50. The van der Waals surface area contributed by atoms with Gasteiger partial charge in [0, 0.05) is 0 Å². The molecule has 0 heterocycles. The lowest BCUT2D eigenvalue weighted by molar-refractivity contribution is -0.0139. The fourth-order valence-corrected chi connectivity index (χ4v) is 3.50. The predicted octanol–water partition coefficient (Wildman–Crippen LogP) is 2.97. The molecule has 0 aliphatic heterocycles. The first-order valence-corrected chi connectivity index (χ1v) is 7.13. The molecule has 2 saturated carbocycles. The van der Waals surface area contributed by atoms with Crippen molar-refractivity contribution in [2.75, 3.05) is 0 Å². The summed E-state index contributed by atoms with van der Waals surface area (Å²) < 4.78 is 0. The van der Waals surface area contributed by atoms with Crippen LogP contribution in [0.25, 0.3) is 0 Å². The van der Waals surface area contributed by atoms with E-state index in [2.05, 4.69) is 27.7 Å². The van der Waals surface area contributed by atoms with Crippen LogP contribution in [0.4, 0.5) is 0 Å². The Morgan fingerprint density at radius 3 is 2.29 bits per heavy atom. The number of aliphatic hydroxyl groups excluding tert-OH is 2. The zero-order chi connectivity index (χ0) is 12.8. The Labute approximate surface area is 105 Å². The maximum atomic E-state index is 10.5. The molecule has 0 aromatic heterocycles. The van der Waals surface area contributed by atoms with E-state index in [0.717, 1.165) is 25.7 Å². The molecule has 0 spiro atoms. The standard InChI is InChI=1S/C15H28O2/c1-10-5-6-12(16)15(4)9-11(15)13(17)14(2,3)8-7-10/h10-13,16-17H,5-9H2,1-4H3/t10-,11-,12-,13+,15-/m1/s1. The first kappa shape index (κ1) is 13.4. The summed E-state index contributed by atoms with van der Waals surface area (Å²) in [6, 6.07) is 0. The van der Waals surface area contributed by atoms with Crippen LogP contribution in [0.2, 0.25) is 0 Å². The molecule has 0 amide bonds. The normalized spacial score (nSPS) is 50.5. The van der Waals surface area contributed by atoms with Gasteiger partial charge in [-0.05, 0) is 48.3 Å². The zero-order valence-electron chi connectivity index (χ0n) is 11.7. The highest BCUT2D eigenvalue weighted by Crippen LogP contribution is 2.60. The van der Waals surface area contributed by atoms with E-state index in [0.29, 0.717) is 11.8 Å². The molecule has 0 unspecified atom stereocenters. The summed E-state index contributed by atoms with van der Waals surface area (Å²) in [6.45, 7) is 8.77. The smallest absolute Gasteiger partial charge is 0.0625 e. The van der Waals surface area contributed by atoms with Crippen LogP contribution < -0.4 is 0 Å². The molecule has 2 heteroatoms. The minimum atomic E-state index is -0.257. The second kappa shape index (κ2) is 4.24. The topological polar surface area (TPSA) is 40.5 Å². The lowest BCUT2D eigenvalue weighted by Crippen LogP contribution is -2.36. The van der Waals surface area contributed by atoms with Crippen molar-refractivity contribution in [2.45, 2.75) is 72.0 Å². The van der Waals surface area contributed by atoms with Gasteiger partial charge in [0.2, 0.25) is 0 Å². The van der Waals surface area contributed by atoms with Gasteiger partial charge in [0.1, 0.15) is 0 Å². The fraction of sp³-hybridized carbons (Fsp3) is 1.00. The van der Waals surface area contributed by atoms with Crippen molar-refractivity contribution in [1.29, 1.82) is 0 Å².